The Balaban J connectivity index is 2.90. The van der Waals surface area contributed by atoms with Crippen LogP contribution in [0, 0.1) is 0 Å². The standard InChI is InChI=1S/C13H27N3O2/c1-11(2)9-13(10(14)17,12(3,4)18-11)15-7-8-16(5)6/h15H,7-9H2,1-6H3,(H2,14,17). The van der Waals surface area contributed by atoms with E-state index in [1.165, 1.54) is 0 Å². The number of hydrogen-bond donors (Lipinski definition) is 2. The van der Waals surface area contributed by atoms with Crippen LogP contribution in [0.2, 0.25) is 0 Å². The summed E-state index contributed by atoms with van der Waals surface area (Å²) in [4.78, 5) is 14.0. The summed E-state index contributed by atoms with van der Waals surface area (Å²) < 4.78 is 5.99. The zero-order valence-corrected chi connectivity index (χ0v) is 12.5. The van der Waals surface area contributed by atoms with Crippen molar-refractivity contribution in [2.75, 3.05) is 27.2 Å². The van der Waals surface area contributed by atoms with Crippen molar-refractivity contribution < 1.29 is 9.53 Å². The molecule has 1 rings (SSSR count). The van der Waals surface area contributed by atoms with Gasteiger partial charge in [-0.15, -0.1) is 0 Å². The fourth-order valence-corrected chi connectivity index (χ4v) is 2.90. The summed E-state index contributed by atoms with van der Waals surface area (Å²) in [7, 11) is 4.00. The van der Waals surface area contributed by atoms with Crippen molar-refractivity contribution in [3.8, 4) is 0 Å². The van der Waals surface area contributed by atoms with Gasteiger partial charge in [0.15, 0.2) is 0 Å². The van der Waals surface area contributed by atoms with Gasteiger partial charge in [0.2, 0.25) is 5.91 Å². The minimum atomic E-state index is -0.799. The topological polar surface area (TPSA) is 67.6 Å². The van der Waals surface area contributed by atoms with E-state index in [1.54, 1.807) is 0 Å². The molecule has 0 radical (unpaired) electrons. The van der Waals surface area contributed by atoms with Crippen LogP contribution in [0.15, 0.2) is 0 Å². The van der Waals surface area contributed by atoms with Gasteiger partial charge < -0.3 is 15.4 Å². The Hall–Kier alpha value is -0.650. The third kappa shape index (κ3) is 2.84. The van der Waals surface area contributed by atoms with Crippen LogP contribution in [0.25, 0.3) is 0 Å². The van der Waals surface area contributed by atoms with Gasteiger partial charge in [0.05, 0.1) is 11.2 Å². The molecule has 1 aliphatic rings. The predicted octanol–water partition coefficient (Wildman–Crippen LogP) is 0.339. The van der Waals surface area contributed by atoms with Crippen molar-refractivity contribution in [1.29, 1.82) is 0 Å². The molecule has 1 saturated heterocycles. The largest absolute Gasteiger partial charge is 0.368 e. The van der Waals surface area contributed by atoms with Gasteiger partial charge in [0, 0.05) is 19.5 Å². The van der Waals surface area contributed by atoms with Gasteiger partial charge in [0.25, 0.3) is 0 Å². The molecule has 106 valence electrons. The van der Waals surface area contributed by atoms with Crippen LogP contribution in [0.1, 0.15) is 34.1 Å². The smallest absolute Gasteiger partial charge is 0.240 e. The molecule has 0 aromatic heterocycles. The number of hydrogen-bond acceptors (Lipinski definition) is 4. The Kier molecular flexibility index (Phi) is 4.10. The molecule has 18 heavy (non-hydrogen) atoms. The van der Waals surface area contributed by atoms with E-state index >= 15 is 0 Å². The first kappa shape index (κ1) is 15.4. The van der Waals surface area contributed by atoms with Crippen molar-refractivity contribution in [3.05, 3.63) is 0 Å². The zero-order chi connectivity index (χ0) is 14.2. The molecule has 1 amide bonds. The number of carbonyl (C=O) groups excluding carboxylic acids is 1. The fourth-order valence-electron chi connectivity index (χ4n) is 2.90. The van der Waals surface area contributed by atoms with Gasteiger partial charge >= 0.3 is 0 Å². The molecule has 1 unspecified atom stereocenters. The van der Waals surface area contributed by atoms with E-state index in [1.807, 2.05) is 41.8 Å². The van der Waals surface area contributed by atoms with Crippen LogP contribution < -0.4 is 11.1 Å². The highest BCUT2D eigenvalue weighted by Gasteiger charge is 2.60. The summed E-state index contributed by atoms with van der Waals surface area (Å²) in [5.41, 5.74) is 3.91. The van der Waals surface area contributed by atoms with Gasteiger partial charge in [0.1, 0.15) is 5.54 Å². The maximum atomic E-state index is 12.0. The van der Waals surface area contributed by atoms with E-state index in [4.69, 9.17) is 10.5 Å². The highest BCUT2D eigenvalue weighted by molar-refractivity contribution is 5.87. The van der Waals surface area contributed by atoms with Crippen molar-refractivity contribution in [1.82, 2.24) is 10.2 Å². The molecule has 0 spiro atoms. The average Bonchev–Trinajstić information content (AvgIpc) is 2.30. The molecule has 0 saturated carbocycles. The number of carbonyl (C=O) groups is 1. The van der Waals surface area contributed by atoms with Crippen LogP contribution in [0.5, 0.6) is 0 Å². The van der Waals surface area contributed by atoms with Crippen LogP contribution >= 0.6 is 0 Å². The third-order valence-electron chi connectivity index (χ3n) is 3.66. The SMILES string of the molecule is CN(C)CCNC1(C(N)=O)CC(C)(C)OC1(C)C. The molecule has 3 N–H and O–H groups in total. The maximum absolute atomic E-state index is 12.0. The summed E-state index contributed by atoms with van der Waals surface area (Å²) in [6.07, 6.45) is 0.593. The van der Waals surface area contributed by atoms with Gasteiger partial charge in [-0.05, 0) is 41.8 Å². The Bertz CT molecular complexity index is 326. The molecule has 5 nitrogen and oxygen atoms in total. The second-order valence-electron chi connectivity index (χ2n) is 6.55. The lowest BCUT2D eigenvalue weighted by Gasteiger charge is -2.38. The van der Waals surface area contributed by atoms with E-state index in [2.05, 4.69) is 10.2 Å². The van der Waals surface area contributed by atoms with E-state index in [9.17, 15) is 4.79 Å². The number of likely N-dealkylation sites (N-methyl/N-ethyl adjacent to an activating group) is 1. The second-order valence-corrected chi connectivity index (χ2v) is 6.55. The Morgan fingerprint density at radius 3 is 2.22 bits per heavy atom. The van der Waals surface area contributed by atoms with Crippen LogP contribution in [0.4, 0.5) is 0 Å². The first-order chi connectivity index (χ1) is 8.02. The lowest BCUT2D eigenvalue weighted by atomic mass is 9.78. The van der Waals surface area contributed by atoms with Crippen molar-refractivity contribution in [2.45, 2.75) is 50.9 Å². The Labute approximate surface area is 110 Å². The van der Waals surface area contributed by atoms with E-state index < -0.39 is 11.1 Å². The summed E-state index contributed by atoms with van der Waals surface area (Å²) >= 11 is 0. The lowest BCUT2D eigenvalue weighted by Crippen LogP contribution is -2.65. The Morgan fingerprint density at radius 1 is 1.33 bits per heavy atom. The van der Waals surface area contributed by atoms with Gasteiger partial charge in [-0.1, -0.05) is 0 Å². The molecule has 0 aromatic rings. The fraction of sp³-hybridized carbons (Fsp3) is 0.923. The molecule has 0 aliphatic carbocycles. The van der Waals surface area contributed by atoms with Gasteiger partial charge in [-0.2, -0.15) is 0 Å². The number of rotatable bonds is 5. The molecule has 1 atom stereocenters. The van der Waals surface area contributed by atoms with E-state index in [-0.39, 0.29) is 11.5 Å². The summed E-state index contributed by atoms with van der Waals surface area (Å²) in [5.74, 6) is -0.336. The molecule has 5 heteroatoms. The minimum absolute atomic E-state index is 0.336. The highest BCUT2D eigenvalue weighted by atomic mass is 16.5. The third-order valence-corrected chi connectivity index (χ3v) is 3.66. The first-order valence-electron chi connectivity index (χ1n) is 6.42. The summed E-state index contributed by atoms with van der Waals surface area (Å²) in [6.45, 7) is 9.40. The normalized spacial score (nSPS) is 29.7. The van der Waals surface area contributed by atoms with Gasteiger partial charge in [-0.25, -0.2) is 0 Å². The highest BCUT2D eigenvalue weighted by Crippen LogP contribution is 2.44. The number of amides is 1. The monoisotopic (exact) mass is 257 g/mol. The summed E-state index contributed by atoms with van der Waals surface area (Å²) in [6, 6.07) is 0. The van der Waals surface area contributed by atoms with Gasteiger partial charge in [-0.3, -0.25) is 10.1 Å². The van der Waals surface area contributed by atoms with Crippen LogP contribution in [-0.4, -0.2) is 54.7 Å². The van der Waals surface area contributed by atoms with Crippen molar-refractivity contribution in [2.24, 2.45) is 5.73 Å². The molecular weight excluding hydrogens is 230 g/mol. The van der Waals surface area contributed by atoms with Crippen molar-refractivity contribution in [3.63, 3.8) is 0 Å². The number of primary amides is 1. The average molecular weight is 257 g/mol. The quantitative estimate of drug-likeness (QED) is 0.745. The number of nitrogens with two attached hydrogens (primary N) is 1. The number of nitrogens with one attached hydrogen (secondary N) is 1. The zero-order valence-electron chi connectivity index (χ0n) is 12.5. The van der Waals surface area contributed by atoms with E-state index in [0.29, 0.717) is 13.0 Å². The Morgan fingerprint density at radius 2 is 1.89 bits per heavy atom. The molecular formula is C13H27N3O2. The van der Waals surface area contributed by atoms with Crippen molar-refractivity contribution >= 4 is 5.91 Å². The lowest BCUT2D eigenvalue weighted by molar-refractivity contribution is -0.133. The predicted molar refractivity (Wildman–Crippen MR) is 72.3 cm³/mol. The number of ether oxygens (including phenoxy) is 1. The second kappa shape index (κ2) is 4.79. The molecule has 1 fully saturated rings. The van der Waals surface area contributed by atoms with E-state index in [0.717, 1.165) is 6.54 Å². The first-order valence-corrected chi connectivity index (χ1v) is 6.42. The maximum Gasteiger partial charge on any atom is 0.240 e. The van der Waals surface area contributed by atoms with Crippen LogP contribution in [-0.2, 0) is 9.53 Å². The molecule has 1 heterocycles. The van der Waals surface area contributed by atoms with Crippen LogP contribution in [0.3, 0.4) is 0 Å². The molecule has 0 aromatic carbocycles. The minimum Gasteiger partial charge on any atom is -0.368 e. The molecule has 1 aliphatic heterocycles. The summed E-state index contributed by atoms with van der Waals surface area (Å²) in [5, 5.41) is 3.33. The number of nitrogens with zero attached hydrogens (tertiary/aromatic N) is 1. The molecule has 0 bridgehead atoms.